The lowest BCUT2D eigenvalue weighted by atomic mass is 10.1. The normalized spacial score (nSPS) is 23.6. The molecule has 10 nitrogen and oxygen atoms in total. The Morgan fingerprint density at radius 3 is 2.87 bits per heavy atom. The number of nitrogens with zero attached hydrogens (tertiary/aromatic N) is 4. The number of likely N-dealkylation sites (N-methyl/N-ethyl adjacent to an activating group) is 1. The van der Waals surface area contributed by atoms with Crippen LogP contribution in [0.4, 0.5) is 5.82 Å². The zero-order chi connectivity index (χ0) is 21.4. The van der Waals surface area contributed by atoms with Crippen molar-refractivity contribution < 1.29 is 19.7 Å². The molecular weight excluding hydrogens is 527 g/mol. The van der Waals surface area contributed by atoms with Crippen LogP contribution >= 0.6 is 34.2 Å². The number of ether oxygens (including phenoxy) is 1. The van der Waals surface area contributed by atoms with E-state index in [1.165, 1.54) is 17.9 Å². The Morgan fingerprint density at radius 2 is 2.13 bits per heavy atom. The Morgan fingerprint density at radius 1 is 1.33 bits per heavy atom. The number of hydrogen-bond acceptors (Lipinski definition) is 8. The number of aromatic nitrogens is 4. The molecule has 1 amide bonds. The van der Waals surface area contributed by atoms with E-state index in [9.17, 15) is 15.0 Å². The van der Waals surface area contributed by atoms with Crippen LogP contribution in [0.3, 0.4) is 0 Å². The number of carbonyl (C=O) groups is 1. The maximum Gasteiger partial charge on any atom is 0.251 e. The summed E-state index contributed by atoms with van der Waals surface area (Å²) in [6, 6.07) is 7.98. The number of fused-ring (bicyclic) bond motifs is 1. The number of rotatable bonds is 5. The first kappa shape index (κ1) is 21.2. The summed E-state index contributed by atoms with van der Waals surface area (Å²) in [5.74, 6) is -0.125. The Hall–Kier alpha value is -2.06. The van der Waals surface area contributed by atoms with E-state index in [0.717, 1.165) is 9.13 Å². The van der Waals surface area contributed by atoms with Crippen molar-refractivity contribution in [2.24, 2.45) is 0 Å². The Bertz CT molecular complexity index is 1100. The highest BCUT2D eigenvalue weighted by Gasteiger charge is 2.47. The van der Waals surface area contributed by atoms with Gasteiger partial charge in [0, 0.05) is 17.2 Å². The van der Waals surface area contributed by atoms with Crippen molar-refractivity contribution >= 4 is 57.1 Å². The van der Waals surface area contributed by atoms with Gasteiger partial charge in [0.1, 0.15) is 12.2 Å². The first-order chi connectivity index (χ1) is 14.4. The molecule has 4 atom stereocenters. The third-order valence-electron chi connectivity index (χ3n) is 4.76. The minimum atomic E-state index is -1.40. The van der Waals surface area contributed by atoms with Crippen LogP contribution in [0.5, 0.6) is 0 Å². The lowest BCUT2D eigenvalue weighted by Crippen LogP contribution is -2.41. The molecule has 0 saturated carbocycles. The molecule has 1 aromatic carbocycles. The van der Waals surface area contributed by atoms with Crippen molar-refractivity contribution in [2.75, 3.05) is 12.4 Å². The van der Waals surface area contributed by atoms with E-state index in [4.69, 9.17) is 16.3 Å². The van der Waals surface area contributed by atoms with Gasteiger partial charge in [-0.05, 0) is 51.9 Å². The molecule has 1 saturated heterocycles. The van der Waals surface area contributed by atoms with E-state index in [1.807, 2.05) is 24.3 Å². The molecule has 1 aliphatic heterocycles. The van der Waals surface area contributed by atoms with Crippen molar-refractivity contribution in [3.63, 3.8) is 0 Å². The van der Waals surface area contributed by atoms with Crippen LogP contribution in [0.15, 0.2) is 30.6 Å². The van der Waals surface area contributed by atoms with Gasteiger partial charge in [0.25, 0.3) is 5.91 Å². The Balaban J connectivity index is 1.64. The van der Waals surface area contributed by atoms with Crippen molar-refractivity contribution in [3.8, 4) is 0 Å². The molecule has 1 aliphatic rings. The third kappa shape index (κ3) is 3.95. The van der Waals surface area contributed by atoms with Gasteiger partial charge < -0.3 is 25.6 Å². The summed E-state index contributed by atoms with van der Waals surface area (Å²) < 4.78 is 8.14. The van der Waals surface area contributed by atoms with E-state index in [0.29, 0.717) is 23.5 Å². The molecule has 0 spiro atoms. The van der Waals surface area contributed by atoms with Gasteiger partial charge in [-0.1, -0.05) is 12.1 Å². The number of aliphatic hydroxyl groups is 2. The number of imidazole rings is 1. The first-order valence-corrected chi connectivity index (χ1v) is 10.5. The third-order valence-corrected chi connectivity index (χ3v) is 5.60. The van der Waals surface area contributed by atoms with E-state index < -0.39 is 30.4 Å². The smallest absolute Gasteiger partial charge is 0.251 e. The van der Waals surface area contributed by atoms with Crippen molar-refractivity contribution in [1.29, 1.82) is 0 Å². The quantitative estimate of drug-likeness (QED) is 0.277. The fourth-order valence-electron chi connectivity index (χ4n) is 3.28. The molecule has 0 aliphatic carbocycles. The lowest BCUT2D eigenvalue weighted by Gasteiger charge is -2.16. The van der Waals surface area contributed by atoms with Crippen molar-refractivity contribution in [2.45, 2.75) is 31.1 Å². The molecule has 3 aromatic rings. The fourth-order valence-corrected chi connectivity index (χ4v) is 4.05. The van der Waals surface area contributed by atoms with Gasteiger partial charge in [0.05, 0.1) is 6.33 Å². The van der Waals surface area contributed by atoms with E-state index in [1.54, 1.807) is 0 Å². The number of nitrogens with one attached hydrogen (secondary N) is 2. The predicted octanol–water partition coefficient (Wildman–Crippen LogP) is 1.06. The topological polar surface area (TPSA) is 134 Å². The summed E-state index contributed by atoms with van der Waals surface area (Å²) in [5, 5.41) is 26.2. The molecule has 4 rings (SSSR count). The maximum absolute atomic E-state index is 11.9. The maximum atomic E-state index is 11.9. The van der Waals surface area contributed by atoms with Crippen LogP contribution in [0.1, 0.15) is 11.8 Å². The molecular formula is C18H18ClIN6O4. The molecule has 30 heavy (non-hydrogen) atoms. The molecule has 1 fully saturated rings. The van der Waals surface area contributed by atoms with Crippen LogP contribution in [0.2, 0.25) is 5.28 Å². The number of benzene rings is 1. The molecule has 158 valence electrons. The van der Waals surface area contributed by atoms with E-state index in [-0.39, 0.29) is 5.28 Å². The summed E-state index contributed by atoms with van der Waals surface area (Å²) in [7, 11) is 1.42. The van der Waals surface area contributed by atoms with Crippen LogP contribution in [0.25, 0.3) is 11.2 Å². The monoisotopic (exact) mass is 544 g/mol. The molecule has 12 heteroatoms. The van der Waals surface area contributed by atoms with Crippen molar-refractivity contribution in [3.05, 3.63) is 45.0 Å². The summed E-state index contributed by atoms with van der Waals surface area (Å²) in [6.07, 6.45) is -3.65. The predicted molar refractivity (Wildman–Crippen MR) is 117 cm³/mol. The van der Waals surface area contributed by atoms with Gasteiger partial charge in [-0.15, -0.1) is 0 Å². The van der Waals surface area contributed by atoms with Crippen LogP contribution in [-0.2, 0) is 16.1 Å². The zero-order valence-corrected chi connectivity index (χ0v) is 18.6. The number of anilines is 1. The number of amides is 1. The second-order valence-corrected chi connectivity index (χ2v) is 8.28. The van der Waals surface area contributed by atoms with Crippen LogP contribution in [0, 0.1) is 3.57 Å². The number of aliphatic hydroxyl groups excluding tert-OH is 2. The van der Waals surface area contributed by atoms with Crippen LogP contribution in [-0.4, -0.2) is 61.0 Å². The highest BCUT2D eigenvalue weighted by molar-refractivity contribution is 14.1. The number of carbonyl (C=O) groups excluding carboxylic acids is 1. The van der Waals surface area contributed by atoms with Gasteiger partial charge in [0.2, 0.25) is 5.28 Å². The first-order valence-electron chi connectivity index (χ1n) is 9.00. The van der Waals surface area contributed by atoms with Gasteiger partial charge in [-0.25, -0.2) is 4.98 Å². The number of hydrogen-bond donors (Lipinski definition) is 4. The summed E-state index contributed by atoms with van der Waals surface area (Å²) in [5.41, 5.74) is 1.77. The minimum absolute atomic E-state index is 0.0229. The molecule has 2 aromatic heterocycles. The zero-order valence-electron chi connectivity index (χ0n) is 15.7. The van der Waals surface area contributed by atoms with Gasteiger partial charge >= 0.3 is 0 Å². The highest BCUT2D eigenvalue weighted by Crippen LogP contribution is 2.33. The summed E-state index contributed by atoms with van der Waals surface area (Å²) in [4.78, 5) is 24.7. The summed E-state index contributed by atoms with van der Waals surface area (Å²) >= 11 is 8.35. The molecule has 0 radical (unpaired) electrons. The molecule has 3 heterocycles. The molecule has 4 N–H and O–H groups in total. The average molecular weight is 545 g/mol. The Kier molecular flexibility index (Phi) is 6.06. The van der Waals surface area contributed by atoms with Crippen molar-refractivity contribution in [1.82, 2.24) is 24.8 Å². The van der Waals surface area contributed by atoms with Gasteiger partial charge in [-0.3, -0.25) is 9.36 Å². The number of halogens is 2. The standard InChI is InChI=1S/C18H18ClIN6O4/c1-21-16(29)13-11(27)12(28)17(30-13)26-7-23-10-14(24-18(19)25-15(10)26)22-6-8-3-2-4-9(20)5-8/h2-5,7,11-13,17,27-28H,6H2,1H3,(H,21,29)(H,22,24,25)/t11-,12?,13-,17+/m0/s1. The largest absolute Gasteiger partial charge is 0.387 e. The van der Waals surface area contributed by atoms with Crippen LogP contribution < -0.4 is 10.6 Å². The van der Waals surface area contributed by atoms with Gasteiger partial charge in [-0.2, -0.15) is 9.97 Å². The van der Waals surface area contributed by atoms with E-state index >= 15 is 0 Å². The summed E-state index contributed by atoms with van der Waals surface area (Å²) in [6.45, 7) is 0.492. The fraction of sp³-hybridized carbons (Fsp3) is 0.333. The van der Waals surface area contributed by atoms with E-state index in [2.05, 4.69) is 48.2 Å². The second kappa shape index (κ2) is 8.59. The molecule has 0 bridgehead atoms. The lowest BCUT2D eigenvalue weighted by molar-refractivity contribution is -0.137. The SMILES string of the molecule is CNC(=O)[C@H]1O[C@@H](n2cnc3c(NCc4cccc(I)c4)nc(Cl)nc32)C(O)[C@@H]1O. The van der Waals surface area contributed by atoms with Gasteiger partial charge in [0.15, 0.2) is 29.3 Å². The highest BCUT2D eigenvalue weighted by atomic mass is 127. The minimum Gasteiger partial charge on any atom is -0.387 e. The average Bonchev–Trinajstić information content (AvgIpc) is 3.27. The second-order valence-electron chi connectivity index (χ2n) is 6.69. The molecule has 1 unspecified atom stereocenters. The Labute approximate surface area is 189 Å².